The van der Waals surface area contributed by atoms with Crippen molar-refractivity contribution in [2.24, 2.45) is 0 Å². The van der Waals surface area contributed by atoms with Gasteiger partial charge in [0, 0.05) is 37.6 Å². The number of carbonyl (C=O) groups excluding carboxylic acids is 2. The zero-order valence-electron chi connectivity index (χ0n) is 13.4. The number of hydrogen-bond donors (Lipinski definition) is 3. The minimum Gasteiger partial charge on any atom is -0.497 e. The molecule has 7 nitrogen and oxygen atoms in total. The Balaban J connectivity index is 1.63. The number of nitrogens with zero attached hydrogens (tertiary/aromatic N) is 1. The van der Waals surface area contributed by atoms with Crippen molar-refractivity contribution in [3.05, 3.63) is 54.4 Å². The van der Waals surface area contributed by atoms with E-state index >= 15 is 0 Å². The van der Waals surface area contributed by atoms with Crippen LogP contribution in [-0.2, 0) is 11.3 Å². The Morgan fingerprint density at radius 3 is 2.58 bits per heavy atom. The van der Waals surface area contributed by atoms with Gasteiger partial charge in [-0.2, -0.15) is 0 Å². The molecule has 24 heavy (non-hydrogen) atoms. The number of ether oxygens (including phenoxy) is 1. The highest BCUT2D eigenvalue weighted by atomic mass is 16.5. The lowest BCUT2D eigenvalue weighted by atomic mass is 10.3. The summed E-state index contributed by atoms with van der Waals surface area (Å²) < 4.78 is 5.04. The number of benzene rings is 1. The molecular formula is C17H20N4O3. The highest BCUT2D eigenvalue weighted by Crippen LogP contribution is 2.14. The average Bonchev–Trinajstić information content (AvgIpc) is 2.61. The van der Waals surface area contributed by atoms with Crippen LogP contribution in [0.2, 0.25) is 0 Å². The van der Waals surface area contributed by atoms with Gasteiger partial charge in [-0.05, 0) is 35.9 Å². The van der Waals surface area contributed by atoms with E-state index in [2.05, 4.69) is 20.9 Å². The topological polar surface area (TPSA) is 92.4 Å². The van der Waals surface area contributed by atoms with Gasteiger partial charge < -0.3 is 20.7 Å². The smallest absolute Gasteiger partial charge is 0.319 e. The quantitative estimate of drug-likeness (QED) is 0.724. The average molecular weight is 328 g/mol. The first kappa shape index (κ1) is 17.3. The molecule has 7 heteroatoms. The fraction of sp³-hybridized carbons (Fsp3) is 0.235. The fourth-order valence-electron chi connectivity index (χ4n) is 1.93. The van der Waals surface area contributed by atoms with Crippen LogP contribution in [0.3, 0.4) is 0 Å². The molecule has 0 saturated carbocycles. The number of methoxy groups -OCH3 is 1. The maximum Gasteiger partial charge on any atom is 0.319 e. The van der Waals surface area contributed by atoms with Crippen LogP contribution in [0, 0.1) is 0 Å². The van der Waals surface area contributed by atoms with Gasteiger partial charge in [-0.15, -0.1) is 0 Å². The van der Waals surface area contributed by atoms with Crippen LogP contribution in [0.1, 0.15) is 12.0 Å². The van der Waals surface area contributed by atoms with Gasteiger partial charge in [-0.3, -0.25) is 9.78 Å². The second-order valence-electron chi connectivity index (χ2n) is 5.00. The molecular weight excluding hydrogens is 308 g/mol. The Morgan fingerprint density at radius 1 is 1.12 bits per heavy atom. The number of anilines is 1. The first-order valence-corrected chi connectivity index (χ1v) is 7.52. The maximum atomic E-state index is 11.7. The Morgan fingerprint density at radius 2 is 1.92 bits per heavy atom. The van der Waals surface area contributed by atoms with Gasteiger partial charge in [-0.1, -0.05) is 6.07 Å². The molecule has 0 fully saturated rings. The minimum atomic E-state index is -0.361. The van der Waals surface area contributed by atoms with Gasteiger partial charge >= 0.3 is 6.03 Å². The Labute approximate surface area is 140 Å². The zero-order valence-corrected chi connectivity index (χ0v) is 13.4. The summed E-state index contributed by atoms with van der Waals surface area (Å²) in [6, 6.07) is 10.3. The van der Waals surface area contributed by atoms with E-state index in [-0.39, 0.29) is 24.9 Å². The summed E-state index contributed by atoms with van der Waals surface area (Å²) >= 11 is 0. The molecule has 1 aromatic carbocycles. The zero-order chi connectivity index (χ0) is 17.2. The van der Waals surface area contributed by atoms with E-state index in [0.717, 1.165) is 5.56 Å². The van der Waals surface area contributed by atoms with E-state index in [1.807, 2.05) is 12.1 Å². The van der Waals surface area contributed by atoms with Crippen molar-refractivity contribution in [1.82, 2.24) is 15.6 Å². The van der Waals surface area contributed by atoms with Crippen molar-refractivity contribution in [3.8, 4) is 5.75 Å². The van der Waals surface area contributed by atoms with Crippen LogP contribution in [0.5, 0.6) is 5.75 Å². The van der Waals surface area contributed by atoms with Crippen LogP contribution in [0.4, 0.5) is 10.5 Å². The van der Waals surface area contributed by atoms with Crippen LogP contribution in [0.25, 0.3) is 0 Å². The summed E-state index contributed by atoms with van der Waals surface area (Å²) in [7, 11) is 1.58. The highest BCUT2D eigenvalue weighted by molar-refractivity contribution is 5.89. The van der Waals surface area contributed by atoms with E-state index in [4.69, 9.17) is 4.74 Å². The van der Waals surface area contributed by atoms with Crippen molar-refractivity contribution >= 4 is 17.6 Å². The minimum absolute atomic E-state index is 0.136. The van der Waals surface area contributed by atoms with Gasteiger partial charge in [0.2, 0.25) is 5.91 Å². The normalized spacial score (nSPS) is 9.88. The second-order valence-corrected chi connectivity index (χ2v) is 5.00. The van der Waals surface area contributed by atoms with E-state index < -0.39 is 0 Å². The third-order valence-electron chi connectivity index (χ3n) is 3.20. The molecule has 126 valence electrons. The Hall–Kier alpha value is -3.09. The fourth-order valence-corrected chi connectivity index (χ4v) is 1.93. The molecule has 0 atom stereocenters. The molecule has 0 saturated heterocycles. The van der Waals surface area contributed by atoms with Crippen LogP contribution in [0.15, 0.2) is 48.8 Å². The number of aromatic nitrogens is 1. The summed E-state index contributed by atoms with van der Waals surface area (Å²) in [6.45, 7) is 0.672. The third kappa shape index (κ3) is 5.96. The van der Waals surface area contributed by atoms with Crippen molar-refractivity contribution in [2.45, 2.75) is 13.0 Å². The van der Waals surface area contributed by atoms with Gasteiger partial charge in [0.1, 0.15) is 5.75 Å². The SMILES string of the molecule is COc1ccc(NC(=O)NCCC(=O)NCc2cccnc2)cc1. The molecule has 0 aliphatic carbocycles. The number of carbonyl (C=O) groups is 2. The molecule has 2 aromatic rings. The summed E-state index contributed by atoms with van der Waals surface area (Å²) in [5.41, 5.74) is 1.57. The lowest BCUT2D eigenvalue weighted by molar-refractivity contribution is -0.121. The number of hydrogen-bond acceptors (Lipinski definition) is 4. The molecule has 3 N–H and O–H groups in total. The van der Waals surface area contributed by atoms with Crippen molar-refractivity contribution in [2.75, 3.05) is 19.0 Å². The standard InChI is InChI=1S/C17H20N4O3/c1-24-15-6-4-14(5-7-15)21-17(23)19-10-8-16(22)20-12-13-3-2-9-18-11-13/h2-7,9,11H,8,10,12H2,1H3,(H,20,22)(H2,19,21,23). The van der Waals surface area contributed by atoms with E-state index in [1.54, 1.807) is 43.8 Å². The number of nitrogens with one attached hydrogen (secondary N) is 3. The molecule has 0 aliphatic rings. The van der Waals surface area contributed by atoms with Crippen molar-refractivity contribution < 1.29 is 14.3 Å². The van der Waals surface area contributed by atoms with Crippen molar-refractivity contribution in [1.29, 1.82) is 0 Å². The summed E-state index contributed by atoms with van der Waals surface area (Å²) in [5.74, 6) is 0.579. The van der Waals surface area contributed by atoms with Gasteiger partial charge in [0.25, 0.3) is 0 Å². The molecule has 2 rings (SSSR count). The predicted octanol–water partition coefficient (Wildman–Crippen LogP) is 1.92. The monoisotopic (exact) mass is 328 g/mol. The Kier molecular flexibility index (Phi) is 6.58. The van der Waals surface area contributed by atoms with E-state index in [1.165, 1.54) is 0 Å². The number of amides is 3. The Bertz CT molecular complexity index is 659. The van der Waals surface area contributed by atoms with Crippen molar-refractivity contribution in [3.63, 3.8) is 0 Å². The first-order chi connectivity index (χ1) is 11.7. The van der Waals surface area contributed by atoms with Crippen LogP contribution < -0.4 is 20.7 Å². The lowest BCUT2D eigenvalue weighted by Crippen LogP contribution is -2.33. The molecule has 1 aromatic heterocycles. The highest BCUT2D eigenvalue weighted by Gasteiger charge is 2.05. The number of urea groups is 1. The second kappa shape index (κ2) is 9.14. The summed E-state index contributed by atoms with van der Waals surface area (Å²) in [6.07, 6.45) is 3.58. The van der Waals surface area contributed by atoms with Crippen LogP contribution in [-0.4, -0.2) is 30.6 Å². The predicted molar refractivity (Wildman–Crippen MR) is 90.7 cm³/mol. The molecule has 0 radical (unpaired) electrons. The number of pyridine rings is 1. The largest absolute Gasteiger partial charge is 0.497 e. The molecule has 0 aliphatic heterocycles. The first-order valence-electron chi connectivity index (χ1n) is 7.52. The number of rotatable bonds is 7. The van der Waals surface area contributed by atoms with E-state index in [9.17, 15) is 9.59 Å². The molecule has 0 unspecified atom stereocenters. The molecule has 3 amide bonds. The molecule has 0 spiro atoms. The van der Waals surface area contributed by atoms with Gasteiger partial charge in [-0.25, -0.2) is 4.79 Å². The third-order valence-corrected chi connectivity index (χ3v) is 3.20. The maximum absolute atomic E-state index is 11.7. The van der Waals surface area contributed by atoms with E-state index in [0.29, 0.717) is 18.0 Å². The van der Waals surface area contributed by atoms with Crippen LogP contribution >= 0.6 is 0 Å². The van der Waals surface area contributed by atoms with Gasteiger partial charge in [0.05, 0.1) is 7.11 Å². The van der Waals surface area contributed by atoms with Gasteiger partial charge in [0.15, 0.2) is 0 Å². The molecule has 0 bridgehead atoms. The lowest BCUT2D eigenvalue weighted by Gasteiger charge is -2.09. The summed E-state index contributed by atoms with van der Waals surface area (Å²) in [4.78, 5) is 27.4. The molecule has 1 heterocycles. The summed E-state index contributed by atoms with van der Waals surface area (Å²) in [5, 5.41) is 8.08.